The Kier molecular flexibility index (Phi) is 5.66. The second-order valence-corrected chi connectivity index (χ2v) is 7.79. The summed E-state index contributed by atoms with van der Waals surface area (Å²) in [6, 6.07) is 3.41. The van der Waals surface area contributed by atoms with Crippen LogP contribution in [0, 0.1) is 6.92 Å². The van der Waals surface area contributed by atoms with Crippen LogP contribution in [0.1, 0.15) is 43.2 Å². The van der Waals surface area contributed by atoms with Crippen molar-refractivity contribution in [3.05, 3.63) is 28.3 Å². The van der Waals surface area contributed by atoms with Crippen LogP contribution >= 0.6 is 11.6 Å². The van der Waals surface area contributed by atoms with Crippen molar-refractivity contribution in [3.63, 3.8) is 0 Å². The van der Waals surface area contributed by atoms with Crippen molar-refractivity contribution in [1.82, 2.24) is 10.0 Å². The van der Waals surface area contributed by atoms with E-state index in [2.05, 4.69) is 10.0 Å². The van der Waals surface area contributed by atoms with Gasteiger partial charge < -0.3 is 5.32 Å². The number of hydrogen-bond acceptors (Lipinski definition) is 3. The maximum Gasteiger partial charge on any atom is 0.241 e. The normalized spacial score (nSPS) is 17.1. The van der Waals surface area contributed by atoms with Crippen molar-refractivity contribution < 1.29 is 8.42 Å². The highest BCUT2D eigenvalue weighted by Gasteiger charge is 2.24. The summed E-state index contributed by atoms with van der Waals surface area (Å²) in [6.45, 7) is 2.43. The molecular formula is C15H23ClN2O2S. The molecule has 0 radical (unpaired) electrons. The Morgan fingerprint density at radius 3 is 2.52 bits per heavy atom. The Labute approximate surface area is 132 Å². The predicted octanol–water partition coefficient (Wildman–Crippen LogP) is 2.98. The standard InChI is InChI=1S/C15H23ClN2O2S/c1-11-12(10-17-2)8-13(16)9-15(11)21(19,20)18-14-6-4-3-5-7-14/h8-9,14,17-18H,3-7,10H2,1-2H3. The van der Waals surface area contributed by atoms with Crippen molar-refractivity contribution in [2.75, 3.05) is 7.05 Å². The SMILES string of the molecule is CNCc1cc(Cl)cc(S(=O)(=O)NC2CCCCC2)c1C. The highest BCUT2D eigenvalue weighted by atomic mass is 35.5. The highest BCUT2D eigenvalue weighted by molar-refractivity contribution is 7.89. The third-order valence-electron chi connectivity index (χ3n) is 4.02. The Morgan fingerprint density at radius 1 is 1.24 bits per heavy atom. The van der Waals surface area contributed by atoms with E-state index in [1.165, 1.54) is 6.42 Å². The first-order valence-electron chi connectivity index (χ1n) is 7.40. The summed E-state index contributed by atoms with van der Waals surface area (Å²) >= 11 is 6.09. The second kappa shape index (κ2) is 7.09. The van der Waals surface area contributed by atoms with Crippen molar-refractivity contribution in [2.45, 2.75) is 56.5 Å². The fraction of sp³-hybridized carbons (Fsp3) is 0.600. The van der Waals surface area contributed by atoms with Crippen molar-refractivity contribution >= 4 is 21.6 Å². The molecule has 6 heteroatoms. The van der Waals surface area contributed by atoms with Gasteiger partial charge in [0.1, 0.15) is 0 Å². The van der Waals surface area contributed by atoms with Crippen LogP contribution in [0.5, 0.6) is 0 Å². The minimum atomic E-state index is -3.52. The minimum Gasteiger partial charge on any atom is -0.316 e. The Morgan fingerprint density at radius 2 is 1.90 bits per heavy atom. The number of hydrogen-bond donors (Lipinski definition) is 2. The molecule has 1 saturated carbocycles. The lowest BCUT2D eigenvalue weighted by atomic mass is 9.96. The van der Waals surface area contributed by atoms with Crippen LogP contribution in [0.15, 0.2) is 17.0 Å². The summed E-state index contributed by atoms with van der Waals surface area (Å²) in [6.07, 6.45) is 5.21. The molecule has 21 heavy (non-hydrogen) atoms. The molecule has 0 aliphatic heterocycles. The van der Waals surface area contributed by atoms with Crippen LogP contribution in [0.3, 0.4) is 0 Å². The maximum atomic E-state index is 12.6. The van der Waals surface area contributed by atoms with Crippen LogP contribution in [-0.2, 0) is 16.6 Å². The fourth-order valence-electron chi connectivity index (χ4n) is 2.86. The zero-order valence-corrected chi connectivity index (χ0v) is 14.1. The van der Waals surface area contributed by atoms with Gasteiger partial charge in [-0.2, -0.15) is 0 Å². The molecule has 1 aromatic rings. The third kappa shape index (κ3) is 4.19. The molecule has 4 nitrogen and oxygen atoms in total. The summed E-state index contributed by atoms with van der Waals surface area (Å²) in [5.41, 5.74) is 1.67. The average Bonchev–Trinajstić information content (AvgIpc) is 2.43. The van der Waals surface area contributed by atoms with Crippen molar-refractivity contribution in [3.8, 4) is 0 Å². The van der Waals surface area contributed by atoms with Crippen LogP contribution in [0.2, 0.25) is 5.02 Å². The molecule has 0 amide bonds. The van der Waals surface area contributed by atoms with Gasteiger partial charge in [-0.3, -0.25) is 0 Å². The van der Waals surface area contributed by atoms with Crippen LogP contribution in [0.4, 0.5) is 0 Å². The lowest BCUT2D eigenvalue weighted by Gasteiger charge is -2.23. The molecule has 0 heterocycles. The quantitative estimate of drug-likeness (QED) is 0.872. The molecule has 1 aliphatic carbocycles. The molecule has 0 unspecified atom stereocenters. The molecule has 118 valence electrons. The van der Waals surface area contributed by atoms with Crippen molar-refractivity contribution in [1.29, 1.82) is 0 Å². The first-order chi connectivity index (χ1) is 9.94. The fourth-order valence-corrected chi connectivity index (χ4v) is 4.79. The predicted molar refractivity (Wildman–Crippen MR) is 86.1 cm³/mol. The highest BCUT2D eigenvalue weighted by Crippen LogP contribution is 2.26. The number of rotatable bonds is 5. The molecule has 1 fully saturated rings. The zero-order chi connectivity index (χ0) is 15.5. The van der Waals surface area contributed by atoms with Gasteiger partial charge in [-0.15, -0.1) is 0 Å². The van der Waals surface area contributed by atoms with E-state index >= 15 is 0 Å². The van der Waals surface area contributed by atoms with Gasteiger partial charge in [0.15, 0.2) is 0 Å². The molecule has 1 aliphatic rings. The Hall–Kier alpha value is -0.620. The number of benzene rings is 1. The lowest BCUT2D eigenvalue weighted by molar-refractivity contribution is 0.412. The summed E-state index contributed by atoms with van der Waals surface area (Å²) in [5, 5.41) is 3.49. The van der Waals surface area contributed by atoms with Gasteiger partial charge in [-0.25, -0.2) is 13.1 Å². The van der Waals surface area contributed by atoms with Crippen molar-refractivity contribution in [2.24, 2.45) is 0 Å². The van der Waals surface area contributed by atoms with Gasteiger partial charge in [0.2, 0.25) is 10.0 Å². The summed E-state index contributed by atoms with van der Waals surface area (Å²) in [4.78, 5) is 0.297. The first-order valence-corrected chi connectivity index (χ1v) is 9.26. The molecule has 0 bridgehead atoms. The minimum absolute atomic E-state index is 0.0508. The smallest absolute Gasteiger partial charge is 0.241 e. The molecule has 0 saturated heterocycles. The molecule has 0 aromatic heterocycles. The molecule has 2 N–H and O–H groups in total. The monoisotopic (exact) mass is 330 g/mol. The molecule has 0 atom stereocenters. The second-order valence-electron chi connectivity index (χ2n) is 5.67. The van der Waals surface area contributed by atoms with E-state index < -0.39 is 10.0 Å². The van der Waals surface area contributed by atoms with Gasteiger partial charge in [-0.05, 0) is 50.1 Å². The molecule has 0 spiro atoms. The molecule has 1 aromatic carbocycles. The van der Waals surface area contributed by atoms with E-state index in [1.807, 2.05) is 20.0 Å². The van der Waals surface area contributed by atoms with Gasteiger partial charge in [0, 0.05) is 17.6 Å². The first kappa shape index (κ1) is 16.7. The summed E-state index contributed by atoms with van der Waals surface area (Å²) < 4.78 is 28.1. The van der Waals surface area contributed by atoms with E-state index in [1.54, 1.807) is 6.07 Å². The van der Waals surface area contributed by atoms with Gasteiger partial charge >= 0.3 is 0 Å². The third-order valence-corrected chi connectivity index (χ3v) is 5.88. The van der Waals surface area contributed by atoms with Gasteiger partial charge in [0.05, 0.1) is 4.90 Å². The number of halogens is 1. The van der Waals surface area contributed by atoms with E-state index in [9.17, 15) is 8.42 Å². The van der Waals surface area contributed by atoms with E-state index in [-0.39, 0.29) is 6.04 Å². The summed E-state index contributed by atoms with van der Waals surface area (Å²) in [5.74, 6) is 0. The van der Waals surface area contributed by atoms with Crippen LogP contribution in [-0.4, -0.2) is 21.5 Å². The molecular weight excluding hydrogens is 308 g/mol. The van der Waals surface area contributed by atoms with E-state index in [0.717, 1.165) is 36.8 Å². The Bertz CT molecular complexity index is 596. The van der Waals surface area contributed by atoms with Gasteiger partial charge in [0.25, 0.3) is 0 Å². The largest absolute Gasteiger partial charge is 0.316 e. The molecule has 2 rings (SSSR count). The van der Waals surface area contributed by atoms with Crippen LogP contribution in [0.25, 0.3) is 0 Å². The topological polar surface area (TPSA) is 58.2 Å². The van der Waals surface area contributed by atoms with Crippen LogP contribution < -0.4 is 10.0 Å². The Balaban J connectivity index is 2.30. The number of nitrogens with one attached hydrogen (secondary N) is 2. The summed E-state index contributed by atoms with van der Waals surface area (Å²) in [7, 11) is -1.69. The lowest BCUT2D eigenvalue weighted by Crippen LogP contribution is -2.36. The zero-order valence-electron chi connectivity index (χ0n) is 12.6. The van der Waals surface area contributed by atoms with Gasteiger partial charge in [-0.1, -0.05) is 30.9 Å². The van der Waals surface area contributed by atoms with E-state index in [0.29, 0.717) is 16.5 Å². The maximum absolute atomic E-state index is 12.6. The van der Waals surface area contributed by atoms with E-state index in [4.69, 9.17) is 11.6 Å². The number of sulfonamides is 1. The average molecular weight is 331 g/mol.